The van der Waals surface area contributed by atoms with Gasteiger partial charge in [-0.1, -0.05) is 0 Å². The van der Waals surface area contributed by atoms with E-state index in [0.717, 1.165) is 44.2 Å². The number of pyridine rings is 1. The molecular weight excluding hydrogens is 216 g/mol. The lowest BCUT2D eigenvalue weighted by Crippen LogP contribution is -2.35. The van der Waals surface area contributed by atoms with Gasteiger partial charge in [0.2, 0.25) is 0 Å². The molecule has 2 N–H and O–H groups in total. The van der Waals surface area contributed by atoms with E-state index in [9.17, 15) is 0 Å². The van der Waals surface area contributed by atoms with Crippen molar-refractivity contribution in [2.75, 3.05) is 32.0 Å². The minimum absolute atomic E-state index is 0.751. The molecule has 1 aliphatic rings. The van der Waals surface area contributed by atoms with E-state index in [0.29, 0.717) is 0 Å². The number of nitrogens with two attached hydrogens (primary N) is 1. The standard InChI is InChI=1S/C12H16N4O/c13-10-1-2-16-11(8-14-12(16)7-10)9-15-3-5-17-6-4-15/h1-2,7-8H,3-6,9,13H2. The van der Waals surface area contributed by atoms with Crippen LogP contribution in [0.2, 0.25) is 0 Å². The Hall–Kier alpha value is -1.59. The molecule has 0 aliphatic carbocycles. The van der Waals surface area contributed by atoms with E-state index in [1.165, 1.54) is 5.69 Å². The molecule has 0 spiro atoms. The number of aromatic nitrogens is 2. The zero-order valence-electron chi connectivity index (χ0n) is 9.67. The Kier molecular flexibility index (Phi) is 2.70. The molecule has 5 heteroatoms. The zero-order valence-corrected chi connectivity index (χ0v) is 9.67. The van der Waals surface area contributed by atoms with Crippen LogP contribution in [-0.2, 0) is 11.3 Å². The Morgan fingerprint density at radius 3 is 3.00 bits per heavy atom. The molecule has 0 unspecified atom stereocenters. The third-order valence-electron chi connectivity index (χ3n) is 3.10. The Bertz CT molecular complexity index is 516. The van der Waals surface area contributed by atoms with Gasteiger partial charge in [-0.2, -0.15) is 0 Å². The highest BCUT2D eigenvalue weighted by atomic mass is 16.5. The van der Waals surface area contributed by atoms with Crippen LogP contribution in [0, 0.1) is 0 Å². The molecule has 1 saturated heterocycles. The molecule has 0 atom stereocenters. The monoisotopic (exact) mass is 232 g/mol. The smallest absolute Gasteiger partial charge is 0.138 e. The molecule has 3 heterocycles. The molecule has 0 radical (unpaired) electrons. The van der Waals surface area contributed by atoms with Crippen LogP contribution in [0.15, 0.2) is 24.5 Å². The van der Waals surface area contributed by atoms with E-state index in [-0.39, 0.29) is 0 Å². The van der Waals surface area contributed by atoms with Crippen LogP contribution in [0.5, 0.6) is 0 Å². The molecule has 0 bridgehead atoms. The summed E-state index contributed by atoms with van der Waals surface area (Å²) in [6.07, 6.45) is 3.90. The summed E-state index contributed by atoms with van der Waals surface area (Å²) in [5.74, 6) is 0. The molecule has 1 aliphatic heterocycles. The fourth-order valence-corrected chi connectivity index (χ4v) is 2.15. The maximum absolute atomic E-state index is 5.74. The van der Waals surface area contributed by atoms with E-state index >= 15 is 0 Å². The topological polar surface area (TPSA) is 55.8 Å². The first-order valence-electron chi connectivity index (χ1n) is 5.84. The number of morpholine rings is 1. The van der Waals surface area contributed by atoms with Gasteiger partial charge in [0, 0.05) is 37.6 Å². The van der Waals surface area contributed by atoms with Crippen molar-refractivity contribution in [1.82, 2.24) is 14.3 Å². The first-order valence-corrected chi connectivity index (χ1v) is 5.84. The summed E-state index contributed by atoms with van der Waals surface area (Å²) in [6, 6.07) is 3.79. The number of hydrogen-bond donors (Lipinski definition) is 1. The molecule has 0 saturated carbocycles. The van der Waals surface area contributed by atoms with Gasteiger partial charge in [0.15, 0.2) is 0 Å². The second-order valence-corrected chi connectivity index (χ2v) is 4.33. The van der Waals surface area contributed by atoms with E-state index in [1.54, 1.807) is 0 Å². The maximum atomic E-state index is 5.74. The van der Waals surface area contributed by atoms with Gasteiger partial charge in [-0.05, 0) is 6.07 Å². The summed E-state index contributed by atoms with van der Waals surface area (Å²) in [6.45, 7) is 4.53. The van der Waals surface area contributed by atoms with Gasteiger partial charge in [-0.25, -0.2) is 4.98 Å². The zero-order chi connectivity index (χ0) is 11.7. The number of fused-ring (bicyclic) bond motifs is 1. The van der Waals surface area contributed by atoms with Crippen molar-refractivity contribution in [2.45, 2.75) is 6.54 Å². The average Bonchev–Trinajstić information content (AvgIpc) is 2.73. The van der Waals surface area contributed by atoms with Crippen molar-refractivity contribution in [2.24, 2.45) is 0 Å². The average molecular weight is 232 g/mol. The normalized spacial score (nSPS) is 17.6. The lowest BCUT2D eigenvalue weighted by molar-refractivity contribution is 0.0335. The van der Waals surface area contributed by atoms with E-state index in [1.807, 2.05) is 24.5 Å². The van der Waals surface area contributed by atoms with E-state index in [4.69, 9.17) is 10.5 Å². The summed E-state index contributed by atoms with van der Waals surface area (Å²) >= 11 is 0. The maximum Gasteiger partial charge on any atom is 0.138 e. The van der Waals surface area contributed by atoms with Crippen LogP contribution in [0.25, 0.3) is 5.65 Å². The number of imidazole rings is 1. The van der Waals surface area contributed by atoms with Crippen molar-refractivity contribution < 1.29 is 4.74 Å². The summed E-state index contributed by atoms with van der Waals surface area (Å²) < 4.78 is 7.43. The van der Waals surface area contributed by atoms with Crippen LogP contribution in [0.4, 0.5) is 5.69 Å². The number of ether oxygens (including phenoxy) is 1. The fourth-order valence-electron chi connectivity index (χ4n) is 2.15. The first kappa shape index (κ1) is 10.6. The van der Waals surface area contributed by atoms with Crippen molar-refractivity contribution in [3.8, 4) is 0 Å². The predicted octanol–water partition coefficient (Wildman–Crippen LogP) is 0.749. The number of anilines is 1. The largest absolute Gasteiger partial charge is 0.399 e. The first-order chi connectivity index (χ1) is 8.33. The second-order valence-electron chi connectivity index (χ2n) is 4.33. The van der Waals surface area contributed by atoms with Crippen molar-refractivity contribution in [3.05, 3.63) is 30.2 Å². The molecule has 3 rings (SSSR count). The number of rotatable bonds is 2. The predicted molar refractivity (Wildman–Crippen MR) is 65.7 cm³/mol. The molecule has 17 heavy (non-hydrogen) atoms. The van der Waals surface area contributed by atoms with Crippen LogP contribution in [-0.4, -0.2) is 40.6 Å². The molecule has 2 aromatic rings. The van der Waals surface area contributed by atoms with Crippen LogP contribution in [0.1, 0.15) is 5.69 Å². The highest BCUT2D eigenvalue weighted by molar-refractivity contribution is 5.52. The van der Waals surface area contributed by atoms with Crippen molar-refractivity contribution >= 4 is 11.3 Å². The Morgan fingerprint density at radius 2 is 2.18 bits per heavy atom. The molecule has 0 amide bonds. The summed E-state index contributed by atoms with van der Waals surface area (Å²) in [5, 5.41) is 0. The number of nitrogen functional groups attached to an aromatic ring is 1. The number of hydrogen-bond acceptors (Lipinski definition) is 4. The Labute approximate surface area is 99.8 Å². The van der Waals surface area contributed by atoms with Gasteiger partial charge in [0.1, 0.15) is 5.65 Å². The molecule has 5 nitrogen and oxygen atoms in total. The van der Waals surface area contributed by atoms with Gasteiger partial charge < -0.3 is 14.9 Å². The SMILES string of the molecule is Nc1ccn2c(CN3CCOCC3)cnc2c1. The van der Waals surface area contributed by atoms with Gasteiger partial charge in [-0.3, -0.25) is 4.90 Å². The third-order valence-corrected chi connectivity index (χ3v) is 3.10. The summed E-state index contributed by atoms with van der Waals surface area (Å²) in [4.78, 5) is 6.75. The summed E-state index contributed by atoms with van der Waals surface area (Å²) in [7, 11) is 0. The number of nitrogens with zero attached hydrogens (tertiary/aromatic N) is 3. The molecule has 0 aromatic carbocycles. The summed E-state index contributed by atoms with van der Waals surface area (Å²) in [5.41, 5.74) is 8.59. The minimum Gasteiger partial charge on any atom is -0.399 e. The van der Waals surface area contributed by atoms with E-state index < -0.39 is 0 Å². The third kappa shape index (κ3) is 2.11. The lowest BCUT2D eigenvalue weighted by Gasteiger charge is -2.26. The van der Waals surface area contributed by atoms with Crippen molar-refractivity contribution in [3.63, 3.8) is 0 Å². The van der Waals surface area contributed by atoms with Gasteiger partial charge in [-0.15, -0.1) is 0 Å². The lowest BCUT2D eigenvalue weighted by atomic mass is 10.3. The minimum atomic E-state index is 0.751. The second kappa shape index (κ2) is 4.35. The molecular formula is C12H16N4O. The Balaban J connectivity index is 1.84. The quantitative estimate of drug-likeness (QED) is 0.830. The fraction of sp³-hybridized carbons (Fsp3) is 0.417. The van der Waals surface area contributed by atoms with Crippen LogP contribution in [0.3, 0.4) is 0 Å². The molecule has 2 aromatic heterocycles. The van der Waals surface area contributed by atoms with Gasteiger partial charge in [0.25, 0.3) is 0 Å². The molecule has 1 fully saturated rings. The van der Waals surface area contributed by atoms with E-state index in [2.05, 4.69) is 14.3 Å². The van der Waals surface area contributed by atoms with Crippen LogP contribution < -0.4 is 5.73 Å². The molecule has 90 valence electrons. The van der Waals surface area contributed by atoms with Crippen molar-refractivity contribution in [1.29, 1.82) is 0 Å². The highest BCUT2D eigenvalue weighted by Crippen LogP contribution is 2.13. The highest BCUT2D eigenvalue weighted by Gasteiger charge is 2.13. The van der Waals surface area contributed by atoms with Gasteiger partial charge in [0.05, 0.1) is 25.1 Å². The Morgan fingerprint density at radius 1 is 1.35 bits per heavy atom. The van der Waals surface area contributed by atoms with Gasteiger partial charge >= 0.3 is 0 Å². The van der Waals surface area contributed by atoms with Crippen LogP contribution >= 0.6 is 0 Å².